The first-order valence-corrected chi connectivity index (χ1v) is 9.00. The minimum absolute atomic E-state index is 0.0170. The zero-order chi connectivity index (χ0) is 18.7. The maximum absolute atomic E-state index is 12.8. The first kappa shape index (κ1) is 18.7. The molecule has 5 nitrogen and oxygen atoms in total. The fourth-order valence-electron chi connectivity index (χ4n) is 3.72. The summed E-state index contributed by atoms with van der Waals surface area (Å²) in [6.45, 7) is 2.35. The molecule has 3 rings (SSSR count). The molecule has 138 valence electrons. The zero-order valence-electron chi connectivity index (χ0n) is 14.8. The number of hydrogen-bond acceptors (Lipinski definition) is 5. The topological polar surface area (TPSA) is 64.6 Å². The number of methoxy groups -OCH3 is 1. The van der Waals surface area contributed by atoms with Gasteiger partial charge >= 0.3 is 5.97 Å². The molecule has 1 aliphatic carbocycles. The lowest BCUT2D eigenvalue weighted by Gasteiger charge is -2.41. The molecule has 1 aliphatic heterocycles. The summed E-state index contributed by atoms with van der Waals surface area (Å²) in [4.78, 5) is 25.5. The van der Waals surface area contributed by atoms with Crippen LogP contribution in [0.2, 0.25) is 5.02 Å². The second-order valence-electron chi connectivity index (χ2n) is 6.51. The molecule has 1 heterocycles. The second kappa shape index (κ2) is 8.06. The third-order valence-corrected chi connectivity index (χ3v) is 5.13. The highest BCUT2D eigenvalue weighted by Crippen LogP contribution is 2.42. The maximum Gasteiger partial charge on any atom is 0.336 e. The monoisotopic (exact) mass is 375 g/mol. The number of nitrogens with one attached hydrogen (secondary N) is 1. The van der Waals surface area contributed by atoms with E-state index in [9.17, 15) is 9.59 Å². The Morgan fingerprint density at radius 1 is 1.27 bits per heavy atom. The largest absolute Gasteiger partial charge is 0.460 e. The molecular weight excluding hydrogens is 354 g/mol. The van der Waals surface area contributed by atoms with E-state index in [2.05, 4.69) is 5.32 Å². The van der Waals surface area contributed by atoms with Crippen molar-refractivity contribution in [3.05, 3.63) is 58.3 Å². The van der Waals surface area contributed by atoms with Gasteiger partial charge in [-0.25, -0.2) is 4.79 Å². The molecule has 1 aromatic rings. The summed E-state index contributed by atoms with van der Waals surface area (Å²) < 4.78 is 10.3. The molecule has 6 heteroatoms. The van der Waals surface area contributed by atoms with Crippen LogP contribution in [-0.4, -0.2) is 38.1 Å². The average Bonchev–Trinajstić information content (AvgIpc) is 2.61. The van der Waals surface area contributed by atoms with Crippen molar-refractivity contribution in [3.63, 3.8) is 0 Å². The van der Waals surface area contributed by atoms with Crippen LogP contribution in [0, 0.1) is 5.92 Å². The predicted molar refractivity (Wildman–Crippen MR) is 98.9 cm³/mol. The quantitative estimate of drug-likeness (QED) is 0.633. The van der Waals surface area contributed by atoms with Gasteiger partial charge in [-0.05, 0) is 37.1 Å². The Morgan fingerprint density at radius 3 is 2.69 bits per heavy atom. The number of fused-ring (bicyclic) bond motifs is 1. The minimum Gasteiger partial charge on any atom is -0.460 e. The zero-order valence-corrected chi connectivity index (χ0v) is 15.6. The molecule has 0 saturated heterocycles. The van der Waals surface area contributed by atoms with Crippen molar-refractivity contribution in [3.8, 4) is 0 Å². The van der Waals surface area contributed by atoms with Crippen LogP contribution < -0.4 is 5.32 Å². The Bertz CT molecular complexity index is 754. The van der Waals surface area contributed by atoms with Gasteiger partial charge in [-0.1, -0.05) is 29.8 Å². The Labute approximate surface area is 158 Å². The smallest absolute Gasteiger partial charge is 0.336 e. The molecule has 1 aromatic carbocycles. The Morgan fingerprint density at radius 2 is 2.00 bits per heavy atom. The molecule has 0 fully saturated rings. The highest BCUT2D eigenvalue weighted by Gasteiger charge is 2.44. The first-order chi connectivity index (χ1) is 12.5. The number of rotatable bonds is 5. The van der Waals surface area contributed by atoms with E-state index >= 15 is 0 Å². The van der Waals surface area contributed by atoms with Gasteiger partial charge in [0.1, 0.15) is 6.61 Å². The van der Waals surface area contributed by atoms with Crippen molar-refractivity contribution in [2.45, 2.75) is 25.3 Å². The van der Waals surface area contributed by atoms with Gasteiger partial charge in [-0.3, -0.25) is 4.79 Å². The Hall–Kier alpha value is -2.11. The number of halogens is 1. The SMILES string of the molecule is COCCOC(=O)C1=C(C)N[C@@H]2CC=CC(=O)[C@@H]2[C@H]1c1ccc(Cl)cc1. The molecule has 2 aliphatic rings. The number of carbonyl (C=O) groups is 2. The van der Waals surface area contributed by atoms with Crippen molar-refractivity contribution in [1.82, 2.24) is 5.32 Å². The molecule has 0 aromatic heterocycles. The van der Waals surface area contributed by atoms with E-state index in [0.717, 1.165) is 17.7 Å². The van der Waals surface area contributed by atoms with E-state index in [0.29, 0.717) is 17.2 Å². The Balaban J connectivity index is 2.02. The molecule has 0 bridgehead atoms. The summed E-state index contributed by atoms with van der Waals surface area (Å²) in [5.74, 6) is -1.13. The fourth-order valence-corrected chi connectivity index (χ4v) is 3.85. The predicted octanol–water partition coefficient (Wildman–Crippen LogP) is 3.00. The van der Waals surface area contributed by atoms with Crippen molar-refractivity contribution >= 4 is 23.4 Å². The van der Waals surface area contributed by atoms with Gasteiger partial charge in [-0.15, -0.1) is 0 Å². The number of carbonyl (C=O) groups excluding carboxylic acids is 2. The van der Waals surface area contributed by atoms with Crippen molar-refractivity contribution in [1.29, 1.82) is 0 Å². The lowest BCUT2D eigenvalue weighted by molar-refractivity contribution is -0.141. The highest BCUT2D eigenvalue weighted by atomic mass is 35.5. The number of esters is 1. The maximum atomic E-state index is 12.8. The molecule has 0 amide bonds. The van der Waals surface area contributed by atoms with Gasteiger partial charge in [0.25, 0.3) is 0 Å². The second-order valence-corrected chi connectivity index (χ2v) is 6.95. The molecule has 3 atom stereocenters. The number of hydrogen-bond donors (Lipinski definition) is 1. The molecule has 0 saturated carbocycles. The van der Waals surface area contributed by atoms with Crippen molar-refractivity contribution < 1.29 is 19.1 Å². The summed E-state index contributed by atoms with van der Waals surface area (Å²) in [6, 6.07) is 7.26. The number of benzene rings is 1. The third kappa shape index (κ3) is 3.69. The van der Waals surface area contributed by atoms with Crippen LogP contribution in [0.15, 0.2) is 47.7 Å². The van der Waals surface area contributed by atoms with Crippen LogP contribution in [0.4, 0.5) is 0 Å². The van der Waals surface area contributed by atoms with Crippen LogP contribution >= 0.6 is 11.6 Å². The van der Waals surface area contributed by atoms with Gasteiger partial charge in [0, 0.05) is 29.8 Å². The summed E-state index contributed by atoms with van der Waals surface area (Å²) in [6.07, 6.45) is 4.23. The normalized spacial score (nSPS) is 24.9. The number of allylic oxidation sites excluding steroid dienone is 2. The van der Waals surface area contributed by atoms with Crippen molar-refractivity contribution in [2.24, 2.45) is 5.92 Å². The van der Waals surface area contributed by atoms with Crippen molar-refractivity contribution in [2.75, 3.05) is 20.3 Å². The molecule has 0 spiro atoms. The van der Waals surface area contributed by atoms with E-state index in [1.165, 1.54) is 0 Å². The number of ketones is 1. The summed E-state index contributed by atoms with van der Waals surface area (Å²) in [5.41, 5.74) is 2.12. The van der Waals surface area contributed by atoms with E-state index in [1.807, 2.05) is 25.1 Å². The van der Waals surface area contributed by atoms with E-state index in [1.54, 1.807) is 25.3 Å². The lowest BCUT2D eigenvalue weighted by atomic mass is 9.69. The highest BCUT2D eigenvalue weighted by molar-refractivity contribution is 6.30. The van der Waals surface area contributed by atoms with Crippen LogP contribution in [0.3, 0.4) is 0 Å². The van der Waals surface area contributed by atoms with E-state index in [4.69, 9.17) is 21.1 Å². The van der Waals surface area contributed by atoms with Crippen LogP contribution in [-0.2, 0) is 19.1 Å². The molecule has 26 heavy (non-hydrogen) atoms. The summed E-state index contributed by atoms with van der Waals surface area (Å²) in [5, 5.41) is 3.94. The molecule has 1 N–H and O–H groups in total. The minimum atomic E-state index is -0.423. The van der Waals surface area contributed by atoms with Crippen LogP contribution in [0.1, 0.15) is 24.8 Å². The summed E-state index contributed by atoms with van der Waals surface area (Å²) in [7, 11) is 1.55. The van der Waals surface area contributed by atoms with Crippen LogP contribution in [0.25, 0.3) is 0 Å². The van der Waals surface area contributed by atoms with Gasteiger partial charge in [0.15, 0.2) is 5.78 Å². The van der Waals surface area contributed by atoms with Crippen LogP contribution in [0.5, 0.6) is 0 Å². The lowest BCUT2D eigenvalue weighted by Crippen LogP contribution is -2.49. The Kier molecular flexibility index (Phi) is 5.79. The molecule has 0 radical (unpaired) electrons. The number of ether oxygens (including phenoxy) is 2. The van der Waals surface area contributed by atoms with E-state index in [-0.39, 0.29) is 30.3 Å². The van der Waals surface area contributed by atoms with Gasteiger partial charge < -0.3 is 14.8 Å². The standard InChI is InChI=1S/C20H22ClNO4/c1-12-17(20(24)26-11-10-25-2)18(13-6-8-14(21)9-7-13)19-15(22-12)4-3-5-16(19)23/h3,5-9,15,18-19,22H,4,10-11H2,1-2H3/t15-,18+,19-/m1/s1. The first-order valence-electron chi connectivity index (χ1n) is 8.62. The van der Waals surface area contributed by atoms with Gasteiger partial charge in [0.2, 0.25) is 0 Å². The average molecular weight is 376 g/mol. The molecular formula is C20H22ClNO4. The third-order valence-electron chi connectivity index (χ3n) is 4.88. The van der Waals surface area contributed by atoms with Gasteiger partial charge in [0.05, 0.1) is 18.1 Å². The van der Waals surface area contributed by atoms with E-state index < -0.39 is 5.97 Å². The van der Waals surface area contributed by atoms with Gasteiger partial charge in [-0.2, -0.15) is 0 Å². The molecule has 0 unspecified atom stereocenters. The fraction of sp³-hybridized carbons (Fsp3) is 0.400. The summed E-state index contributed by atoms with van der Waals surface area (Å²) >= 11 is 6.02.